The molecule has 3 unspecified atom stereocenters. The first kappa shape index (κ1) is 8.75. The highest BCUT2D eigenvalue weighted by molar-refractivity contribution is 5.74. The molecule has 72 valence electrons. The van der Waals surface area contributed by atoms with Crippen LogP contribution < -0.4 is 0 Å². The molecule has 3 heteroatoms. The lowest BCUT2D eigenvalue weighted by molar-refractivity contribution is -0.148. The first-order chi connectivity index (χ1) is 6.16. The molecule has 2 bridgehead atoms. The summed E-state index contributed by atoms with van der Waals surface area (Å²) in [4.78, 5) is 11.4. The molecule has 2 rings (SSSR count). The summed E-state index contributed by atoms with van der Waals surface area (Å²) < 4.78 is 4.72. The lowest BCUT2D eigenvalue weighted by Crippen LogP contribution is -2.27. The third-order valence-electron chi connectivity index (χ3n) is 3.41. The van der Waals surface area contributed by atoms with E-state index in [9.17, 15) is 9.90 Å². The van der Waals surface area contributed by atoms with Crippen LogP contribution in [-0.2, 0) is 9.53 Å². The van der Waals surface area contributed by atoms with Crippen molar-refractivity contribution < 1.29 is 14.6 Å². The average molecular weight is 182 g/mol. The highest BCUT2D eigenvalue weighted by atomic mass is 16.5. The normalized spacial score (nSPS) is 46.8. The lowest BCUT2D eigenvalue weighted by Gasteiger charge is -2.21. The van der Waals surface area contributed by atoms with Gasteiger partial charge in [0.1, 0.15) is 0 Å². The van der Waals surface area contributed by atoms with E-state index in [4.69, 9.17) is 4.74 Å². The largest absolute Gasteiger partial charge is 0.469 e. The molecule has 0 aromatic heterocycles. The average Bonchev–Trinajstić information content (AvgIpc) is 2.58. The van der Waals surface area contributed by atoms with Crippen molar-refractivity contribution in [1.82, 2.24) is 0 Å². The molecule has 0 saturated heterocycles. The van der Waals surface area contributed by atoms with Gasteiger partial charge in [0.25, 0.3) is 0 Å². The Morgan fingerprint density at radius 1 is 1.38 bits per heavy atom. The number of methoxy groups -OCH3 is 1. The molecular weight excluding hydrogens is 168 g/mol. The minimum absolute atomic E-state index is 0.0209. The molecule has 3 nitrogen and oxygen atoms in total. The van der Waals surface area contributed by atoms with Crippen molar-refractivity contribution in [1.29, 1.82) is 0 Å². The van der Waals surface area contributed by atoms with E-state index in [2.05, 4.69) is 0 Å². The summed E-state index contributed by atoms with van der Waals surface area (Å²) in [6, 6.07) is 0. The van der Waals surface area contributed by atoms with E-state index in [1.54, 1.807) is 0 Å². The van der Waals surface area contributed by atoms with E-state index in [-0.39, 0.29) is 35.7 Å². The second-order valence-corrected chi connectivity index (χ2v) is 3.94. The molecule has 0 aromatic carbocycles. The summed E-state index contributed by atoms with van der Waals surface area (Å²) in [5.41, 5.74) is 0. The summed E-state index contributed by atoms with van der Waals surface area (Å²) in [5, 5.41) is 9.74. The number of hydrogen-bond donors (Lipinski definition) is 1. The highest BCUT2D eigenvalue weighted by Crippen LogP contribution is 2.48. The van der Waals surface area contributed by atoms with Gasteiger partial charge >= 0.3 is 5.97 Å². The third kappa shape index (κ3) is 1.03. The minimum Gasteiger partial charge on any atom is -0.469 e. The molecule has 1 N–H and O–H groups in total. The summed E-state index contributed by atoms with van der Waals surface area (Å²) in [7, 11) is 1.40. The maximum Gasteiger partial charge on any atom is 0.309 e. The number of esters is 1. The second kappa shape index (κ2) is 2.84. The number of fused-ring (bicyclic) bond motifs is 2. The maximum atomic E-state index is 11.4. The molecule has 0 spiro atoms. The van der Waals surface area contributed by atoms with Gasteiger partial charge in [-0.25, -0.2) is 0 Å². The predicted octanol–water partition coefficient (Wildman–Crippen LogP) is 0.588. The van der Waals surface area contributed by atoms with Crippen molar-refractivity contribution in [2.24, 2.45) is 23.7 Å². The monoisotopic (exact) mass is 182 g/mol. The summed E-state index contributed by atoms with van der Waals surface area (Å²) >= 11 is 0. The molecule has 1 saturated carbocycles. The zero-order valence-corrected chi connectivity index (χ0v) is 7.81. The van der Waals surface area contributed by atoms with Gasteiger partial charge < -0.3 is 9.84 Å². The van der Waals surface area contributed by atoms with Crippen LogP contribution in [0.25, 0.3) is 0 Å². The van der Waals surface area contributed by atoms with Crippen LogP contribution in [0.2, 0.25) is 0 Å². The third-order valence-corrected chi connectivity index (χ3v) is 3.41. The van der Waals surface area contributed by atoms with Crippen molar-refractivity contribution >= 4 is 5.97 Å². The number of rotatable bonds is 1. The minimum atomic E-state index is -0.376. The Labute approximate surface area is 77.4 Å². The first-order valence-electron chi connectivity index (χ1n) is 4.61. The summed E-state index contributed by atoms with van der Waals surface area (Å²) in [6.45, 7) is 2.00. The number of carbonyl (C=O) groups is 1. The van der Waals surface area contributed by atoms with Gasteiger partial charge in [0.15, 0.2) is 0 Å². The van der Waals surface area contributed by atoms with Crippen LogP contribution in [0.5, 0.6) is 0 Å². The Morgan fingerprint density at radius 3 is 2.46 bits per heavy atom. The molecule has 1 fully saturated rings. The van der Waals surface area contributed by atoms with E-state index >= 15 is 0 Å². The molecule has 0 aromatic rings. The van der Waals surface area contributed by atoms with E-state index in [0.717, 1.165) is 0 Å². The van der Waals surface area contributed by atoms with Gasteiger partial charge in [0.2, 0.25) is 0 Å². The Bertz CT molecular complexity index is 259. The van der Waals surface area contributed by atoms with E-state index < -0.39 is 0 Å². The zero-order valence-electron chi connectivity index (χ0n) is 7.81. The summed E-state index contributed by atoms with van der Waals surface area (Å²) in [5.74, 6) is -0.00241. The van der Waals surface area contributed by atoms with Crippen LogP contribution in [0, 0.1) is 23.7 Å². The number of ether oxygens (including phenoxy) is 1. The Kier molecular flexibility index (Phi) is 1.91. The number of aliphatic hydroxyl groups is 1. The fourth-order valence-corrected chi connectivity index (χ4v) is 2.66. The van der Waals surface area contributed by atoms with Crippen molar-refractivity contribution in [2.75, 3.05) is 7.11 Å². The fraction of sp³-hybridized carbons (Fsp3) is 0.700. The van der Waals surface area contributed by atoms with Gasteiger partial charge in [-0.2, -0.15) is 0 Å². The van der Waals surface area contributed by atoms with Crippen LogP contribution in [0.3, 0.4) is 0 Å². The van der Waals surface area contributed by atoms with E-state index in [0.29, 0.717) is 0 Å². The molecule has 0 aliphatic heterocycles. The summed E-state index contributed by atoms with van der Waals surface area (Å²) in [6.07, 6.45) is 3.58. The molecule has 0 heterocycles. The van der Waals surface area contributed by atoms with Crippen LogP contribution >= 0.6 is 0 Å². The Hall–Kier alpha value is -0.830. The van der Waals surface area contributed by atoms with E-state index in [1.807, 2.05) is 19.1 Å². The number of aliphatic hydroxyl groups excluding tert-OH is 1. The van der Waals surface area contributed by atoms with Gasteiger partial charge in [-0.3, -0.25) is 4.79 Å². The van der Waals surface area contributed by atoms with E-state index in [1.165, 1.54) is 7.11 Å². The van der Waals surface area contributed by atoms with Crippen molar-refractivity contribution in [3.05, 3.63) is 12.2 Å². The first-order valence-corrected chi connectivity index (χ1v) is 4.61. The molecule has 2 aliphatic carbocycles. The molecule has 13 heavy (non-hydrogen) atoms. The zero-order chi connectivity index (χ0) is 9.59. The fourth-order valence-electron chi connectivity index (χ4n) is 2.66. The standard InChI is InChI=1S/C10H14O3/c1-5-6-3-4-7(9(6)11)8(5)10(12)13-2/h3-9,11H,1-2H3/t5-,6?,7?,8+,9?/m0/s1. The smallest absolute Gasteiger partial charge is 0.309 e. The van der Waals surface area contributed by atoms with Gasteiger partial charge in [0, 0.05) is 11.8 Å². The second-order valence-electron chi connectivity index (χ2n) is 3.94. The van der Waals surface area contributed by atoms with Crippen LogP contribution in [0.15, 0.2) is 12.2 Å². The van der Waals surface area contributed by atoms with Gasteiger partial charge in [0.05, 0.1) is 19.1 Å². The number of hydrogen-bond acceptors (Lipinski definition) is 3. The highest BCUT2D eigenvalue weighted by Gasteiger charge is 2.52. The van der Waals surface area contributed by atoms with Crippen molar-refractivity contribution in [3.8, 4) is 0 Å². The van der Waals surface area contributed by atoms with Crippen LogP contribution in [-0.4, -0.2) is 24.3 Å². The van der Waals surface area contributed by atoms with Crippen LogP contribution in [0.4, 0.5) is 0 Å². The maximum absolute atomic E-state index is 11.4. The van der Waals surface area contributed by atoms with Crippen molar-refractivity contribution in [2.45, 2.75) is 13.0 Å². The number of carbonyl (C=O) groups excluding carboxylic acids is 1. The quantitative estimate of drug-likeness (QED) is 0.477. The predicted molar refractivity (Wildman–Crippen MR) is 46.8 cm³/mol. The Morgan fingerprint density at radius 2 is 2.00 bits per heavy atom. The lowest BCUT2D eigenvalue weighted by atomic mass is 9.84. The van der Waals surface area contributed by atoms with Gasteiger partial charge in [-0.1, -0.05) is 19.1 Å². The van der Waals surface area contributed by atoms with Gasteiger partial charge in [-0.05, 0) is 5.92 Å². The molecule has 5 atom stereocenters. The van der Waals surface area contributed by atoms with Crippen molar-refractivity contribution in [3.63, 3.8) is 0 Å². The van der Waals surface area contributed by atoms with Crippen LogP contribution in [0.1, 0.15) is 6.92 Å². The molecule has 2 aliphatic rings. The molecular formula is C10H14O3. The molecule has 0 radical (unpaired) electrons. The Balaban J connectivity index is 2.23. The topological polar surface area (TPSA) is 46.5 Å². The molecule has 0 amide bonds. The SMILES string of the molecule is COC(=O)[C@H]1C2C=CC(C2O)[C@@H]1C. The van der Waals surface area contributed by atoms with Gasteiger partial charge in [-0.15, -0.1) is 0 Å².